The third-order valence-electron chi connectivity index (χ3n) is 3.44. The first-order valence-corrected chi connectivity index (χ1v) is 6.94. The van der Waals surface area contributed by atoms with Crippen LogP contribution in [-0.4, -0.2) is 11.1 Å². The van der Waals surface area contributed by atoms with Crippen molar-refractivity contribution in [1.29, 1.82) is 0 Å². The predicted molar refractivity (Wildman–Crippen MR) is 71.5 cm³/mol. The summed E-state index contributed by atoms with van der Waals surface area (Å²) < 4.78 is 0.804. The van der Waals surface area contributed by atoms with E-state index < -0.39 is 11.9 Å². The SMILES string of the molecule is O=C(O)[C@H](c1ccc(Br)c(Cl)c1)C1CCCC1. The lowest BCUT2D eigenvalue weighted by Crippen LogP contribution is -2.19. The van der Waals surface area contributed by atoms with Crippen LogP contribution >= 0.6 is 27.5 Å². The summed E-state index contributed by atoms with van der Waals surface area (Å²) in [6.07, 6.45) is 4.28. The second-order valence-electron chi connectivity index (χ2n) is 4.53. The normalized spacial score (nSPS) is 18.2. The summed E-state index contributed by atoms with van der Waals surface area (Å²) in [4.78, 5) is 11.4. The fourth-order valence-electron chi connectivity index (χ4n) is 2.61. The van der Waals surface area contributed by atoms with Gasteiger partial charge in [-0.15, -0.1) is 0 Å². The van der Waals surface area contributed by atoms with Crippen molar-refractivity contribution in [3.63, 3.8) is 0 Å². The molecule has 0 aliphatic heterocycles. The summed E-state index contributed by atoms with van der Waals surface area (Å²) in [5.41, 5.74) is 0.817. The zero-order chi connectivity index (χ0) is 12.4. The summed E-state index contributed by atoms with van der Waals surface area (Å²) in [5.74, 6) is -0.900. The molecule has 1 fully saturated rings. The van der Waals surface area contributed by atoms with E-state index in [1.807, 2.05) is 12.1 Å². The first-order valence-electron chi connectivity index (χ1n) is 5.77. The highest BCUT2D eigenvalue weighted by atomic mass is 79.9. The van der Waals surface area contributed by atoms with Crippen molar-refractivity contribution in [3.05, 3.63) is 33.3 Å². The Bertz CT molecular complexity index is 427. The molecule has 92 valence electrons. The molecule has 0 aromatic heterocycles. The number of carbonyl (C=O) groups is 1. The standard InChI is InChI=1S/C13H14BrClO2/c14-10-6-5-9(7-11(10)15)12(13(16)17)8-3-1-2-4-8/h5-8,12H,1-4H2,(H,16,17)/t12-/m0/s1. The number of rotatable bonds is 3. The molecule has 2 rings (SSSR count). The molecule has 1 atom stereocenters. The Hall–Kier alpha value is -0.540. The summed E-state index contributed by atoms with van der Waals surface area (Å²) in [6, 6.07) is 5.44. The summed E-state index contributed by atoms with van der Waals surface area (Å²) in [7, 11) is 0. The number of carboxylic acid groups (broad SMARTS) is 1. The molecule has 4 heteroatoms. The highest BCUT2D eigenvalue weighted by Gasteiger charge is 2.32. The number of halogens is 2. The van der Waals surface area contributed by atoms with Gasteiger partial charge in [-0.3, -0.25) is 4.79 Å². The Morgan fingerprint density at radius 1 is 1.41 bits per heavy atom. The molecule has 1 aliphatic carbocycles. The molecule has 0 unspecified atom stereocenters. The molecule has 0 bridgehead atoms. The van der Waals surface area contributed by atoms with Crippen LogP contribution < -0.4 is 0 Å². The van der Waals surface area contributed by atoms with E-state index in [1.165, 1.54) is 0 Å². The van der Waals surface area contributed by atoms with Crippen LogP contribution in [0.4, 0.5) is 0 Å². The van der Waals surface area contributed by atoms with E-state index in [1.54, 1.807) is 6.07 Å². The molecule has 0 radical (unpaired) electrons. The van der Waals surface area contributed by atoms with Gasteiger partial charge in [-0.05, 0) is 52.4 Å². The van der Waals surface area contributed by atoms with Crippen molar-refractivity contribution in [1.82, 2.24) is 0 Å². The monoisotopic (exact) mass is 316 g/mol. The smallest absolute Gasteiger partial charge is 0.311 e. The molecule has 1 aromatic rings. The molecule has 0 amide bonds. The molecular formula is C13H14BrClO2. The summed E-state index contributed by atoms with van der Waals surface area (Å²) in [5, 5.41) is 9.97. The average Bonchev–Trinajstić information content (AvgIpc) is 2.76. The van der Waals surface area contributed by atoms with E-state index >= 15 is 0 Å². The van der Waals surface area contributed by atoms with Gasteiger partial charge in [0.25, 0.3) is 0 Å². The Balaban J connectivity index is 2.31. The van der Waals surface area contributed by atoms with Crippen LogP contribution in [0.15, 0.2) is 22.7 Å². The highest BCUT2D eigenvalue weighted by Crippen LogP contribution is 2.39. The van der Waals surface area contributed by atoms with Crippen LogP contribution in [0.1, 0.15) is 37.2 Å². The number of aliphatic carboxylic acids is 1. The van der Waals surface area contributed by atoms with Crippen molar-refractivity contribution < 1.29 is 9.90 Å². The van der Waals surface area contributed by atoms with Crippen molar-refractivity contribution in [2.45, 2.75) is 31.6 Å². The van der Waals surface area contributed by atoms with Gasteiger partial charge in [0.2, 0.25) is 0 Å². The van der Waals surface area contributed by atoms with Gasteiger partial charge in [-0.1, -0.05) is 30.5 Å². The first-order chi connectivity index (χ1) is 8.09. The van der Waals surface area contributed by atoms with Crippen LogP contribution in [0.5, 0.6) is 0 Å². The van der Waals surface area contributed by atoms with Gasteiger partial charge in [-0.2, -0.15) is 0 Å². The first kappa shape index (κ1) is 12.9. The number of benzene rings is 1. The second-order valence-corrected chi connectivity index (χ2v) is 5.80. The minimum absolute atomic E-state index is 0.254. The predicted octanol–water partition coefficient (Wildman–Crippen LogP) is 4.46. The Morgan fingerprint density at radius 2 is 2.06 bits per heavy atom. The van der Waals surface area contributed by atoms with E-state index in [4.69, 9.17) is 11.6 Å². The third-order valence-corrected chi connectivity index (χ3v) is 4.67. The second kappa shape index (κ2) is 5.40. The molecule has 1 saturated carbocycles. The maximum absolute atomic E-state index is 11.4. The number of carboxylic acids is 1. The lowest BCUT2D eigenvalue weighted by molar-refractivity contribution is -0.140. The Labute approximate surface area is 114 Å². The van der Waals surface area contributed by atoms with E-state index in [0.717, 1.165) is 35.7 Å². The molecule has 0 heterocycles. The van der Waals surface area contributed by atoms with E-state index in [0.29, 0.717) is 5.02 Å². The topological polar surface area (TPSA) is 37.3 Å². The summed E-state index contributed by atoms with van der Waals surface area (Å²) >= 11 is 9.35. The van der Waals surface area contributed by atoms with E-state index in [2.05, 4.69) is 15.9 Å². The van der Waals surface area contributed by atoms with Gasteiger partial charge in [0.15, 0.2) is 0 Å². The number of hydrogen-bond acceptors (Lipinski definition) is 1. The lowest BCUT2D eigenvalue weighted by Gasteiger charge is -2.20. The molecular weight excluding hydrogens is 303 g/mol. The largest absolute Gasteiger partial charge is 0.481 e. The fourth-order valence-corrected chi connectivity index (χ4v) is 3.05. The Morgan fingerprint density at radius 3 is 2.59 bits per heavy atom. The molecule has 0 saturated heterocycles. The number of hydrogen-bond donors (Lipinski definition) is 1. The van der Waals surface area contributed by atoms with Crippen LogP contribution in [0.2, 0.25) is 5.02 Å². The molecule has 1 aliphatic rings. The van der Waals surface area contributed by atoms with Crippen LogP contribution in [0.25, 0.3) is 0 Å². The molecule has 2 nitrogen and oxygen atoms in total. The average molecular weight is 318 g/mol. The van der Waals surface area contributed by atoms with Gasteiger partial charge in [0.1, 0.15) is 0 Å². The van der Waals surface area contributed by atoms with Crippen LogP contribution in [-0.2, 0) is 4.79 Å². The van der Waals surface area contributed by atoms with Crippen molar-refractivity contribution in [2.24, 2.45) is 5.92 Å². The Kier molecular flexibility index (Phi) is 4.10. The van der Waals surface area contributed by atoms with Crippen molar-refractivity contribution >= 4 is 33.5 Å². The minimum Gasteiger partial charge on any atom is -0.481 e. The van der Waals surface area contributed by atoms with Gasteiger partial charge in [0.05, 0.1) is 10.9 Å². The van der Waals surface area contributed by atoms with Gasteiger partial charge < -0.3 is 5.11 Å². The van der Waals surface area contributed by atoms with Crippen molar-refractivity contribution in [3.8, 4) is 0 Å². The minimum atomic E-state index is -0.740. The zero-order valence-corrected chi connectivity index (χ0v) is 11.7. The van der Waals surface area contributed by atoms with Crippen LogP contribution in [0, 0.1) is 5.92 Å². The fraction of sp³-hybridized carbons (Fsp3) is 0.462. The van der Waals surface area contributed by atoms with E-state index in [-0.39, 0.29) is 5.92 Å². The third kappa shape index (κ3) is 2.83. The molecule has 1 N–H and O–H groups in total. The quantitative estimate of drug-likeness (QED) is 0.893. The molecule has 0 spiro atoms. The maximum Gasteiger partial charge on any atom is 0.311 e. The highest BCUT2D eigenvalue weighted by molar-refractivity contribution is 9.10. The van der Waals surface area contributed by atoms with Crippen molar-refractivity contribution in [2.75, 3.05) is 0 Å². The van der Waals surface area contributed by atoms with E-state index in [9.17, 15) is 9.90 Å². The zero-order valence-electron chi connectivity index (χ0n) is 9.33. The molecule has 1 aromatic carbocycles. The van der Waals surface area contributed by atoms with Gasteiger partial charge in [0, 0.05) is 4.47 Å². The lowest BCUT2D eigenvalue weighted by atomic mass is 9.85. The molecule has 17 heavy (non-hydrogen) atoms. The van der Waals surface area contributed by atoms with Gasteiger partial charge >= 0.3 is 5.97 Å². The summed E-state index contributed by atoms with van der Waals surface area (Å²) in [6.45, 7) is 0. The maximum atomic E-state index is 11.4. The van der Waals surface area contributed by atoms with Crippen LogP contribution in [0.3, 0.4) is 0 Å². The van der Waals surface area contributed by atoms with Gasteiger partial charge in [-0.25, -0.2) is 0 Å².